The lowest BCUT2D eigenvalue weighted by molar-refractivity contribution is -0.384. The molecule has 2 N–H and O–H groups in total. The van der Waals surface area contributed by atoms with Gasteiger partial charge in [0.15, 0.2) is 0 Å². The summed E-state index contributed by atoms with van der Waals surface area (Å²) in [6.45, 7) is 0. The van der Waals surface area contributed by atoms with E-state index in [0.717, 1.165) is 12.8 Å². The molecule has 164 valence electrons. The SMILES string of the molecule is CN1[C@H]2CC[C@@H]1[C@@H](NC(=O)c1ccc([N+](=O)[O-])cc1)[C@@H](OP(=O)(O)c1ccccc1)C2. The third kappa shape index (κ3) is 4.41. The first-order valence-corrected chi connectivity index (χ1v) is 11.7. The number of nitro benzene ring substituents is 1. The number of non-ortho nitro benzene ring substituents is 1. The fourth-order valence-corrected chi connectivity index (χ4v) is 5.80. The summed E-state index contributed by atoms with van der Waals surface area (Å²) in [5.41, 5.74) is 0.181. The standard InChI is InChI=1S/C21H24N3O6P/c1-23-16-11-12-18(23)20(22-21(25)14-7-9-15(10-8-14)24(26)27)19(13-16)30-31(28,29)17-5-3-2-4-6-17/h2-10,16,18-20H,11-13H2,1H3,(H,22,25)(H,28,29)/t16-,18+,19-,20+/m0/s1. The number of hydrogen-bond acceptors (Lipinski definition) is 6. The minimum Gasteiger partial charge on any atom is -0.345 e. The fourth-order valence-electron chi connectivity index (χ4n) is 4.55. The lowest BCUT2D eigenvalue weighted by Gasteiger charge is -2.43. The quantitative estimate of drug-likeness (QED) is 0.398. The van der Waals surface area contributed by atoms with Crippen LogP contribution in [0.4, 0.5) is 5.69 Å². The van der Waals surface area contributed by atoms with E-state index in [1.807, 2.05) is 7.05 Å². The normalized spacial score (nSPS) is 27.4. The molecule has 2 aliphatic heterocycles. The molecule has 2 heterocycles. The first kappa shape index (κ1) is 21.6. The van der Waals surface area contributed by atoms with Crippen molar-refractivity contribution in [1.82, 2.24) is 10.2 Å². The number of carbonyl (C=O) groups excluding carboxylic acids is 1. The van der Waals surface area contributed by atoms with Gasteiger partial charge in [-0.05, 0) is 50.6 Å². The highest BCUT2D eigenvalue weighted by Gasteiger charge is 2.48. The van der Waals surface area contributed by atoms with Crippen molar-refractivity contribution in [3.8, 4) is 0 Å². The average molecular weight is 445 g/mol. The summed E-state index contributed by atoms with van der Waals surface area (Å²) in [6.07, 6.45) is 1.65. The van der Waals surface area contributed by atoms with Crippen LogP contribution in [-0.4, -0.2) is 51.9 Å². The van der Waals surface area contributed by atoms with Crippen LogP contribution in [-0.2, 0) is 9.09 Å². The molecular formula is C21H24N3O6P. The van der Waals surface area contributed by atoms with Crippen LogP contribution < -0.4 is 10.6 Å². The number of rotatable bonds is 6. The van der Waals surface area contributed by atoms with Crippen LogP contribution in [0.3, 0.4) is 0 Å². The van der Waals surface area contributed by atoms with E-state index in [1.165, 1.54) is 24.3 Å². The summed E-state index contributed by atoms with van der Waals surface area (Å²) in [7, 11) is -2.09. The van der Waals surface area contributed by atoms with Gasteiger partial charge in [0.05, 0.1) is 22.4 Å². The minimum atomic E-state index is -4.07. The Morgan fingerprint density at radius 1 is 1.19 bits per heavy atom. The van der Waals surface area contributed by atoms with Gasteiger partial charge in [-0.3, -0.25) is 28.9 Å². The number of hydrogen-bond donors (Lipinski definition) is 2. The molecule has 1 amide bonds. The summed E-state index contributed by atoms with van der Waals surface area (Å²) in [4.78, 5) is 36.0. The van der Waals surface area contributed by atoms with Gasteiger partial charge >= 0.3 is 7.60 Å². The Morgan fingerprint density at radius 3 is 2.52 bits per heavy atom. The molecule has 10 heteroatoms. The molecule has 0 aliphatic carbocycles. The number of nitro groups is 1. The molecule has 0 saturated carbocycles. The summed E-state index contributed by atoms with van der Waals surface area (Å²) in [5.74, 6) is -0.403. The van der Waals surface area contributed by atoms with Crippen LogP contribution >= 0.6 is 7.60 Å². The Balaban J connectivity index is 1.55. The van der Waals surface area contributed by atoms with Crippen LogP contribution in [0, 0.1) is 10.1 Å². The van der Waals surface area contributed by atoms with E-state index >= 15 is 0 Å². The predicted molar refractivity (Wildman–Crippen MR) is 114 cm³/mol. The zero-order chi connectivity index (χ0) is 22.2. The van der Waals surface area contributed by atoms with Crippen LogP contribution in [0.2, 0.25) is 0 Å². The van der Waals surface area contributed by atoms with E-state index < -0.39 is 30.6 Å². The molecule has 1 unspecified atom stereocenters. The average Bonchev–Trinajstić information content (AvgIpc) is 3.01. The molecule has 5 atom stereocenters. The summed E-state index contributed by atoms with van der Waals surface area (Å²) >= 11 is 0. The first-order chi connectivity index (χ1) is 14.8. The summed E-state index contributed by atoms with van der Waals surface area (Å²) in [6, 6.07) is 13.3. The largest absolute Gasteiger partial charge is 0.359 e. The van der Waals surface area contributed by atoms with Crippen molar-refractivity contribution in [1.29, 1.82) is 0 Å². The molecule has 2 fully saturated rings. The minimum absolute atomic E-state index is 0.0264. The van der Waals surface area contributed by atoms with E-state index in [1.54, 1.807) is 30.3 Å². The van der Waals surface area contributed by atoms with Crippen LogP contribution in [0.25, 0.3) is 0 Å². The highest BCUT2D eigenvalue weighted by atomic mass is 31.2. The molecule has 2 saturated heterocycles. The zero-order valence-electron chi connectivity index (χ0n) is 17.0. The Morgan fingerprint density at radius 2 is 1.87 bits per heavy atom. The van der Waals surface area contributed by atoms with E-state index in [4.69, 9.17) is 4.52 Å². The van der Waals surface area contributed by atoms with E-state index in [0.29, 0.717) is 6.42 Å². The van der Waals surface area contributed by atoms with Gasteiger partial charge in [-0.1, -0.05) is 18.2 Å². The van der Waals surface area contributed by atoms with Gasteiger partial charge in [0.1, 0.15) is 0 Å². The van der Waals surface area contributed by atoms with E-state index in [9.17, 15) is 24.4 Å². The van der Waals surface area contributed by atoms with Crippen LogP contribution in [0.1, 0.15) is 29.6 Å². The second kappa shape index (κ2) is 8.51. The van der Waals surface area contributed by atoms with Gasteiger partial charge < -0.3 is 10.2 Å². The lowest BCUT2D eigenvalue weighted by atomic mass is 9.94. The number of likely N-dealkylation sites (N-methyl/N-ethyl adjacent to an activating group) is 1. The Labute approximate surface area is 179 Å². The van der Waals surface area contributed by atoms with Gasteiger partial charge in [0, 0.05) is 29.8 Å². The van der Waals surface area contributed by atoms with Crippen LogP contribution in [0.15, 0.2) is 54.6 Å². The van der Waals surface area contributed by atoms with Gasteiger partial charge in [-0.15, -0.1) is 0 Å². The molecular weight excluding hydrogens is 421 g/mol. The molecule has 2 bridgehead atoms. The number of amides is 1. The zero-order valence-corrected chi connectivity index (χ0v) is 17.9. The maximum Gasteiger partial charge on any atom is 0.359 e. The maximum atomic E-state index is 12.9. The molecule has 9 nitrogen and oxygen atoms in total. The molecule has 0 spiro atoms. The lowest BCUT2D eigenvalue weighted by Crippen LogP contribution is -2.60. The topological polar surface area (TPSA) is 122 Å². The molecule has 0 aromatic heterocycles. The van der Waals surface area contributed by atoms with E-state index in [2.05, 4.69) is 10.2 Å². The number of piperidine rings is 1. The third-order valence-electron chi connectivity index (χ3n) is 6.21. The highest BCUT2D eigenvalue weighted by Crippen LogP contribution is 2.47. The van der Waals surface area contributed by atoms with Crippen molar-refractivity contribution >= 4 is 24.5 Å². The van der Waals surface area contributed by atoms with Gasteiger partial charge in [0.2, 0.25) is 0 Å². The monoisotopic (exact) mass is 445 g/mol. The van der Waals surface area contributed by atoms with Crippen molar-refractivity contribution in [2.75, 3.05) is 7.05 Å². The van der Waals surface area contributed by atoms with Gasteiger partial charge in [-0.25, -0.2) is 0 Å². The van der Waals surface area contributed by atoms with Crippen molar-refractivity contribution in [3.63, 3.8) is 0 Å². The van der Waals surface area contributed by atoms with Gasteiger partial charge in [-0.2, -0.15) is 0 Å². The Kier molecular flexibility index (Phi) is 5.94. The fraction of sp³-hybridized carbons (Fsp3) is 0.381. The summed E-state index contributed by atoms with van der Waals surface area (Å²) < 4.78 is 18.7. The van der Waals surface area contributed by atoms with Crippen LogP contribution in [0.5, 0.6) is 0 Å². The third-order valence-corrected chi connectivity index (χ3v) is 7.72. The van der Waals surface area contributed by atoms with Crippen molar-refractivity contribution in [3.05, 3.63) is 70.3 Å². The molecule has 4 rings (SSSR count). The Bertz CT molecular complexity index is 1020. The second-order valence-corrected chi connectivity index (χ2v) is 9.77. The first-order valence-electron chi connectivity index (χ1n) is 10.1. The summed E-state index contributed by atoms with van der Waals surface area (Å²) in [5, 5.41) is 14.0. The second-order valence-electron chi connectivity index (χ2n) is 8.00. The predicted octanol–water partition coefficient (Wildman–Crippen LogP) is 2.46. The van der Waals surface area contributed by atoms with Crippen molar-refractivity contribution in [2.24, 2.45) is 0 Å². The smallest absolute Gasteiger partial charge is 0.345 e. The number of benzene rings is 2. The van der Waals surface area contributed by atoms with Crippen molar-refractivity contribution < 1.29 is 23.7 Å². The molecule has 2 aliphatic rings. The molecule has 2 aromatic carbocycles. The van der Waals surface area contributed by atoms with Gasteiger partial charge in [0.25, 0.3) is 11.6 Å². The highest BCUT2D eigenvalue weighted by molar-refractivity contribution is 7.61. The molecule has 2 aromatic rings. The Hall–Kier alpha value is -2.58. The molecule has 0 radical (unpaired) electrons. The maximum absolute atomic E-state index is 12.9. The number of carbonyl (C=O) groups is 1. The van der Waals surface area contributed by atoms with E-state index in [-0.39, 0.29) is 28.6 Å². The number of fused-ring (bicyclic) bond motifs is 2. The number of nitrogens with one attached hydrogen (secondary N) is 1. The molecule has 31 heavy (non-hydrogen) atoms. The number of nitrogens with zero attached hydrogens (tertiary/aromatic N) is 2. The van der Waals surface area contributed by atoms with Crippen molar-refractivity contribution in [2.45, 2.75) is 43.5 Å².